The van der Waals surface area contributed by atoms with E-state index in [1.165, 1.54) is 0 Å². The van der Waals surface area contributed by atoms with Gasteiger partial charge in [-0.2, -0.15) is 5.01 Å². The highest BCUT2D eigenvalue weighted by Gasteiger charge is 2.33. The molecule has 0 atom stereocenters. The normalized spacial score (nSPS) is 16.5. The minimum absolute atomic E-state index is 0.245. The summed E-state index contributed by atoms with van der Waals surface area (Å²) in [5.41, 5.74) is 9.14. The average Bonchev–Trinajstić information content (AvgIpc) is 2.67. The van der Waals surface area contributed by atoms with Crippen molar-refractivity contribution in [3.05, 3.63) is 34.7 Å². The molecule has 0 aromatic heterocycles. The van der Waals surface area contributed by atoms with E-state index in [0.29, 0.717) is 4.91 Å². The number of primary amides is 1. The minimum Gasteiger partial charge on any atom is -0.378 e. The van der Waals surface area contributed by atoms with Crippen molar-refractivity contribution in [2.75, 3.05) is 19.0 Å². The van der Waals surface area contributed by atoms with Crippen LogP contribution in [0.4, 0.5) is 10.5 Å². The first-order chi connectivity index (χ1) is 9.88. The Balaban J connectivity index is 2.20. The van der Waals surface area contributed by atoms with Crippen LogP contribution in [0.25, 0.3) is 6.08 Å². The summed E-state index contributed by atoms with van der Waals surface area (Å²) in [6.45, 7) is 0. The summed E-state index contributed by atoms with van der Waals surface area (Å²) in [5.74, 6) is -0.388. The van der Waals surface area contributed by atoms with Crippen LogP contribution in [0.15, 0.2) is 29.2 Å². The van der Waals surface area contributed by atoms with Crippen LogP contribution in [0.5, 0.6) is 0 Å². The monoisotopic (exact) mass is 322 g/mol. The van der Waals surface area contributed by atoms with E-state index in [1.807, 2.05) is 43.3 Å². The van der Waals surface area contributed by atoms with Gasteiger partial charge in [-0.05, 0) is 36.0 Å². The number of hydrogen-bond donors (Lipinski definition) is 2. The lowest BCUT2D eigenvalue weighted by atomic mass is 10.2. The minimum atomic E-state index is -0.831. The molecule has 0 saturated carbocycles. The largest absolute Gasteiger partial charge is 0.378 e. The van der Waals surface area contributed by atoms with Gasteiger partial charge in [0, 0.05) is 19.8 Å². The van der Waals surface area contributed by atoms with Crippen LogP contribution in [-0.4, -0.2) is 35.4 Å². The van der Waals surface area contributed by atoms with E-state index < -0.39 is 6.03 Å². The Hall–Kier alpha value is -2.06. The van der Waals surface area contributed by atoms with Crippen LogP contribution >= 0.6 is 24.0 Å². The Kier molecular flexibility index (Phi) is 4.49. The Bertz CT molecular complexity index is 626. The second-order valence-electron chi connectivity index (χ2n) is 4.48. The van der Waals surface area contributed by atoms with Gasteiger partial charge in [0.25, 0.3) is 5.91 Å². The first kappa shape index (κ1) is 15.3. The van der Waals surface area contributed by atoms with E-state index in [1.54, 1.807) is 6.08 Å². The Morgan fingerprint density at radius 2 is 2.00 bits per heavy atom. The second kappa shape index (κ2) is 6.15. The molecule has 110 valence electrons. The highest BCUT2D eigenvalue weighted by Crippen LogP contribution is 2.31. The molecule has 1 heterocycles. The smallest absolute Gasteiger partial charge is 0.331 e. The SMILES string of the molecule is CN(C)c1ccc(C=C2SC(=S)N(NC(N)=O)C2=O)cc1. The number of carbonyl (C=O) groups is 2. The Morgan fingerprint density at radius 3 is 2.52 bits per heavy atom. The van der Waals surface area contributed by atoms with Gasteiger partial charge in [0.15, 0.2) is 4.32 Å². The molecule has 0 unspecified atom stereocenters. The zero-order valence-corrected chi connectivity index (χ0v) is 13.1. The number of carbonyl (C=O) groups excluding carboxylic acids is 2. The fourth-order valence-corrected chi connectivity index (χ4v) is 2.87. The van der Waals surface area contributed by atoms with Crippen molar-refractivity contribution in [1.82, 2.24) is 10.4 Å². The molecule has 1 saturated heterocycles. The molecule has 3 N–H and O–H groups in total. The Labute approximate surface area is 131 Å². The van der Waals surface area contributed by atoms with Gasteiger partial charge in [-0.1, -0.05) is 23.9 Å². The van der Waals surface area contributed by atoms with Crippen molar-refractivity contribution < 1.29 is 9.59 Å². The van der Waals surface area contributed by atoms with Gasteiger partial charge in [-0.15, -0.1) is 0 Å². The van der Waals surface area contributed by atoms with Gasteiger partial charge in [-0.25, -0.2) is 10.2 Å². The molecule has 1 aromatic rings. The molecule has 21 heavy (non-hydrogen) atoms. The molecular weight excluding hydrogens is 308 g/mol. The average molecular weight is 322 g/mol. The summed E-state index contributed by atoms with van der Waals surface area (Å²) in [6, 6.07) is 6.89. The molecule has 0 radical (unpaired) electrons. The quantitative estimate of drug-likeness (QED) is 0.652. The third-order valence-electron chi connectivity index (χ3n) is 2.72. The van der Waals surface area contributed by atoms with Gasteiger partial charge in [0.1, 0.15) is 0 Å². The van der Waals surface area contributed by atoms with Gasteiger partial charge < -0.3 is 10.6 Å². The van der Waals surface area contributed by atoms with Crippen molar-refractivity contribution in [2.24, 2.45) is 5.73 Å². The number of amides is 3. The van der Waals surface area contributed by atoms with E-state index in [-0.39, 0.29) is 10.2 Å². The van der Waals surface area contributed by atoms with Crippen molar-refractivity contribution in [3.63, 3.8) is 0 Å². The molecular formula is C13H14N4O2S2. The van der Waals surface area contributed by atoms with Crippen LogP contribution in [0, 0.1) is 0 Å². The number of urea groups is 1. The maximum absolute atomic E-state index is 12.1. The molecule has 8 heteroatoms. The molecule has 2 rings (SSSR count). The van der Waals surface area contributed by atoms with Gasteiger partial charge >= 0.3 is 6.03 Å². The van der Waals surface area contributed by atoms with Gasteiger partial charge in [0.2, 0.25) is 0 Å². The van der Waals surface area contributed by atoms with Crippen molar-refractivity contribution in [2.45, 2.75) is 0 Å². The van der Waals surface area contributed by atoms with E-state index >= 15 is 0 Å². The number of anilines is 1. The van der Waals surface area contributed by atoms with Crippen LogP contribution in [0.1, 0.15) is 5.56 Å². The summed E-state index contributed by atoms with van der Waals surface area (Å²) < 4.78 is 0.245. The standard InChI is InChI=1S/C13H14N4O2S2/c1-16(2)9-5-3-8(4-6-9)7-10-11(18)17(13(20)21-10)15-12(14)19/h3-7H,1-2H3,(H3,14,15,19). The predicted molar refractivity (Wildman–Crippen MR) is 88.5 cm³/mol. The fraction of sp³-hybridized carbons (Fsp3) is 0.154. The Morgan fingerprint density at radius 1 is 1.38 bits per heavy atom. The number of nitrogens with zero attached hydrogens (tertiary/aromatic N) is 2. The molecule has 0 aliphatic carbocycles. The van der Waals surface area contributed by atoms with Gasteiger partial charge in [-0.3, -0.25) is 4.79 Å². The van der Waals surface area contributed by atoms with E-state index in [9.17, 15) is 9.59 Å². The lowest BCUT2D eigenvalue weighted by molar-refractivity contribution is -0.123. The molecule has 0 spiro atoms. The van der Waals surface area contributed by atoms with E-state index in [2.05, 4.69) is 5.43 Å². The fourth-order valence-electron chi connectivity index (χ4n) is 1.69. The van der Waals surface area contributed by atoms with E-state index in [0.717, 1.165) is 28.0 Å². The lowest BCUT2D eigenvalue weighted by Crippen LogP contribution is -2.47. The molecule has 6 nitrogen and oxygen atoms in total. The number of benzene rings is 1. The molecule has 1 aromatic carbocycles. The number of rotatable bonds is 3. The number of hydrogen-bond acceptors (Lipinski definition) is 5. The number of thiocarbonyl (C=S) groups is 1. The highest BCUT2D eigenvalue weighted by molar-refractivity contribution is 8.26. The van der Waals surface area contributed by atoms with E-state index in [4.69, 9.17) is 18.0 Å². The molecule has 1 aliphatic rings. The lowest BCUT2D eigenvalue weighted by Gasteiger charge is -2.13. The van der Waals surface area contributed by atoms with Crippen LogP contribution < -0.4 is 16.1 Å². The zero-order valence-electron chi connectivity index (χ0n) is 11.5. The third-order valence-corrected chi connectivity index (χ3v) is 4.03. The second-order valence-corrected chi connectivity index (χ2v) is 6.15. The number of nitrogens with one attached hydrogen (secondary N) is 1. The highest BCUT2D eigenvalue weighted by atomic mass is 32.2. The molecule has 1 aliphatic heterocycles. The maximum atomic E-state index is 12.1. The summed E-state index contributed by atoms with van der Waals surface area (Å²) in [7, 11) is 3.91. The number of hydrazine groups is 1. The van der Waals surface area contributed by atoms with Crippen LogP contribution in [0.3, 0.4) is 0 Å². The summed E-state index contributed by atoms with van der Waals surface area (Å²) in [5, 5.41) is 0.975. The van der Waals surface area contributed by atoms with Crippen molar-refractivity contribution >= 4 is 52.0 Å². The topological polar surface area (TPSA) is 78.7 Å². The van der Waals surface area contributed by atoms with Crippen molar-refractivity contribution in [1.29, 1.82) is 0 Å². The predicted octanol–water partition coefficient (Wildman–Crippen LogP) is 1.54. The zero-order chi connectivity index (χ0) is 15.6. The molecule has 0 bridgehead atoms. The van der Waals surface area contributed by atoms with Crippen LogP contribution in [0.2, 0.25) is 0 Å². The maximum Gasteiger partial charge on any atom is 0.331 e. The first-order valence-corrected chi connectivity index (χ1v) is 7.22. The first-order valence-electron chi connectivity index (χ1n) is 6.00. The molecule has 3 amide bonds. The summed E-state index contributed by atoms with van der Waals surface area (Å²) in [6.07, 6.45) is 1.72. The number of nitrogens with two attached hydrogens (primary N) is 1. The number of thioether (sulfide) groups is 1. The third kappa shape index (κ3) is 3.53. The molecule has 1 fully saturated rings. The van der Waals surface area contributed by atoms with Crippen molar-refractivity contribution in [3.8, 4) is 0 Å². The van der Waals surface area contributed by atoms with Crippen LogP contribution in [-0.2, 0) is 4.79 Å². The van der Waals surface area contributed by atoms with Gasteiger partial charge in [0.05, 0.1) is 4.91 Å². The summed E-state index contributed by atoms with van der Waals surface area (Å²) in [4.78, 5) is 25.4. The summed E-state index contributed by atoms with van der Waals surface area (Å²) >= 11 is 6.15.